The molecule has 24 heavy (non-hydrogen) atoms. The number of aromatic nitrogens is 2. The Kier molecular flexibility index (Phi) is 4.89. The van der Waals surface area contributed by atoms with Crippen molar-refractivity contribution in [1.29, 1.82) is 0 Å². The highest BCUT2D eigenvalue weighted by atomic mass is 32.1. The van der Waals surface area contributed by atoms with Gasteiger partial charge in [0.1, 0.15) is 0 Å². The molecule has 0 spiro atoms. The largest absolute Gasteiger partial charge is 0.332 e. The number of urea groups is 1. The summed E-state index contributed by atoms with van der Waals surface area (Å²) in [6.07, 6.45) is 4.43. The number of hydrogen-bond acceptors (Lipinski definition) is 5. The van der Waals surface area contributed by atoms with Crippen LogP contribution in [0.5, 0.6) is 0 Å². The Morgan fingerprint density at radius 2 is 2.00 bits per heavy atom. The molecule has 0 aliphatic heterocycles. The van der Waals surface area contributed by atoms with Crippen LogP contribution in [0.25, 0.3) is 0 Å². The molecule has 2 aromatic rings. The molecule has 2 amide bonds. The summed E-state index contributed by atoms with van der Waals surface area (Å²) < 4.78 is 0. The number of amides is 2. The van der Waals surface area contributed by atoms with Crippen molar-refractivity contribution in [3.05, 3.63) is 39.7 Å². The molecular weight excluding hydrogens is 324 g/mol. The SMILES string of the molecule is CC(=O)c1ccc(CNC(=O)Nc2nc3c(s2)CCCC3)nc1C. The molecule has 0 radical (unpaired) electrons. The number of anilines is 1. The van der Waals surface area contributed by atoms with Gasteiger partial charge in [-0.2, -0.15) is 0 Å². The highest BCUT2D eigenvalue weighted by molar-refractivity contribution is 7.15. The van der Waals surface area contributed by atoms with E-state index in [-0.39, 0.29) is 11.8 Å². The van der Waals surface area contributed by atoms with Crippen molar-refractivity contribution in [3.63, 3.8) is 0 Å². The molecule has 2 N–H and O–H groups in total. The van der Waals surface area contributed by atoms with Crippen molar-refractivity contribution in [3.8, 4) is 0 Å². The number of nitrogens with one attached hydrogen (secondary N) is 2. The number of ketones is 1. The van der Waals surface area contributed by atoms with Crippen LogP contribution < -0.4 is 10.6 Å². The molecule has 0 unspecified atom stereocenters. The van der Waals surface area contributed by atoms with Crippen molar-refractivity contribution < 1.29 is 9.59 Å². The number of fused-ring (bicyclic) bond motifs is 1. The Hall–Kier alpha value is -2.28. The number of hydrogen-bond donors (Lipinski definition) is 2. The van der Waals surface area contributed by atoms with E-state index in [2.05, 4.69) is 20.6 Å². The molecule has 3 rings (SSSR count). The number of rotatable bonds is 4. The monoisotopic (exact) mass is 344 g/mol. The van der Waals surface area contributed by atoms with Gasteiger partial charge in [-0.3, -0.25) is 15.1 Å². The Bertz CT molecular complexity index is 761. The van der Waals surface area contributed by atoms with Gasteiger partial charge < -0.3 is 5.32 Å². The summed E-state index contributed by atoms with van der Waals surface area (Å²) in [5.41, 5.74) is 3.12. The summed E-state index contributed by atoms with van der Waals surface area (Å²) >= 11 is 1.56. The molecule has 0 fully saturated rings. The first-order valence-electron chi connectivity index (χ1n) is 8.04. The van der Waals surface area contributed by atoms with E-state index in [1.54, 1.807) is 30.4 Å². The fraction of sp³-hybridized carbons (Fsp3) is 0.412. The standard InChI is InChI=1S/C17H20N4O2S/c1-10-13(11(2)22)8-7-12(19-10)9-18-16(23)21-17-20-14-5-3-4-6-15(14)24-17/h7-8H,3-6,9H2,1-2H3,(H2,18,20,21,23). The molecule has 1 aliphatic carbocycles. The first-order chi connectivity index (χ1) is 11.5. The number of thiazole rings is 1. The van der Waals surface area contributed by atoms with Crippen LogP contribution in [0.3, 0.4) is 0 Å². The summed E-state index contributed by atoms with van der Waals surface area (Å²) in [4.78, 5) is 33.5. The Balaban J connectivity index is 1.56. The predicted octanol–water partition coefficient (Wildman–Crippen LogP) is 3.25. The Morgan fingerprint density at radius 3 is 2.71 bits per heavy atom. The number of nitrogens with zero attached hydrogens (tertiary/aromatic N) is 2. The summed E-state index contributed by atoms with van der Waals surface area (Å²) in [5.74, 6) is -0.00927. The zero-order chi connectivity index (χ0) is 17.1. The van der Waals surface area contributed by atoms with Gasteiger partial charge >= 0.3 is 6.03 Å². The number of carbonyl (C=O) groups is 2. The van der Waals surface area contributed by atoms with E-state index in [9.17, 15) is 9.59 Å². The third kappa shape index (κ3) is 3.79. The zero-order valence-electron chi connectivity index (χ0n) is 13.8. The predicted molar refractivity (Wildman–Crippen MR) is 93.6 cm³/mol. The molecule has 126 valence electrons. The van der Waals surface area contributed by atoms with Crippen LogP contribution in [0.2, 0.25) is 0 Å². The summed E-state index contributed by atoms with van der Waals surface area (Å²) in [6.45, 7) is 3.61. The van der Waals surface area contributed by atoms with Gasteiger partial charge in [-0.1, -0.05) is 0 Å². The number of aryl methyl sites for hydroxylation is 3. The van der Waals surface area contributed by atoms with Crippen LogP contribution in [-0.4, -0.2) is 21.8 Å². The lowest BCUT2D eigenvalue weighted by Crippen LogP contribution is -2.28. The minimum atomic E-state index is -0.295. The van der Waals surface area contributed by atoms with Gasteiger partial charge in [-0.25, -0.2) is 9.78 Å². The van der Waals surface area contributed by atoms with Gasteiger partial charge in [0.25, 0.3) is 0 Å². The molecule has 0 aromatic carbocycles. The second-order valence-electron chi connectivity index (χ2n) is 5.90. The average Bonchev–Trinajstić information content (AvgIpc) is 2.94. The maximum atomic E-state index is 12.0. The molecule has 7 heteroatoms. The van der Waals surface area contributed by atoms with Crippen LogP contribution in [0.4, 0.5) is 9.93 Å². The van der Waals surface area contributed by atoms with Gasteiger partial charge in [-0.15, -0.1) is 11.3 Å². The van der Waals surface area contributed by atoms with E-state index in [0.717, 1.165) is 18.5 Å². The Morgan fingerprint density at radius 1 is 1.21 bits per heavy atom. The lowest BCUT2D eigenvalue weighted by atomic mass is 10.0. The van der Waals surface area contributed by atoms with Gasteiger partial charge in [0, 0.05) is 16.1 Å². The minimum Gasteiger partial charge on any atom is -0.332 e. The molecule has 0 saturated carbocycles. The van der Waals surface area contributed by atoms with Crippen LogP contribution in [0.1, 0.15) is 52.1 Å². The second kappa shape index (κ2) is 7.09. The molecule has 0 saturated heterocycles. The van der Waals surface area contributed by atoms with Gasteiger partial charge in [0.05, 0.1) is 17.9 Å². The van der Waals surface area contributed by atoms with Crippen molar-refractivity contribution >= 4 is 28.3 Å². The van der Waals surface area contributed by atoms with Gasteiger partial charge in [0.15, 0.2) is 10.9 Å². The highest BCUT2D eigenvalue weighted by Gasteiger charge is 2.16. The molecule has 1 aliphatic rings. The van der Waals surface area contributed by atoms with E-state index >= 15 is 0 Å². The maximum absolute atomic E-state index is 12.0. The molecule has 2 aromatic heterocycles. The van der Waals surface area contributed by atoms with Gasteiger partial charge in [0.2, 0.25) is 0 Å². The summed E-state index contributed by atoms with van der Waals surface area (Å²) in [7, 11) is 0. The first kappa shape index (κ1) is 16.6. The number of carbonyl (C=O) groups excluding carboxylic acids is 2. The van der Waals surface area contributed by atoms with Gasteiger partial charge in [-0.05, 0) is 51.7 Å². The van der Waals surface area contributed by atoms with E-state index in [1.807, 2.05) is 0 Å². The van der Waals surface area contributed by atoms with E-state index in [1.165, 1.54) is 24.6 Å². The quantitative estimate of drug-likeness (QED) is 0.834. The molecule has 2 heterocycles. The van der Waals surface area contributed by atoms with Crippen LogP contribution >= 0.6 is 11.3 Å². The van der Waals surface area contributed by atoms with E-state index in [0.29, 0.717) is 28.6 Å². The Labute approximate surface area is 144 Å². The van der Waals surface area contributed by atoms with Crippen molar-refractivity contribution in [2.24, 2.45) is 0 Å². The molecule has 0 atom stereocenters. The number of Topliss-reactive ketones (excluding diaryl/α,β-unsaturated/α-hetero) is 1. The first-order valence-corrected chi connectivity index (χ1v) is 8.85. The summed E-state index contributed by atoms with van der Waals surface area (Å²) in [6, 6.07) is 3.21. The molecule has 0 bridgehead atoms. The minimum absolute atomic E-state index is 0.00927. The van der Waals surface area contributed by atoms with Crippen molar-refractivity contribution in [2.75, 3.05) is 5.32 Å². The molecular formula is C17H20N4O2S. The lowest BCUT2D eigenvalue weighted by Gasteiger charge is -2.07. The lowest BCUT2D eigenvalue weighted by molar-refractivity contribution is 0.101. The molecule has 6 nitrogen and oxygen atoms in total. The second-order valence-corrected chi connectivity index (χ2v) is 6.98. The van der Waals surface area contributed by atoms with E-state index < -0.39 is 0 Å². The third-order valence-electron chi connectivity index (χ3n) is 4.02. The van der Waals surface area contributed by atoms with Crippen LogP contribution in [-0.2, 0) is 19.4 Å². The highest BCUT2D eigenvalue weighted by Crippen LogP contribution is 2.29. The van der Waals surface area contributed by atoms with Crippen LogP contribution in [0.15, 0.2) is 12.1 Å². The normalized spacial score (nSPS) is 13.2. The summed E-state index contributed by atoms with van der Waals surface area (Å²) in [5, 5.41) is 6.21. The third-order valence-corrected chi connectivity index (χ3v) is 5.09. The average molecular weight is 344 g/mol. The fourth-order valence-corrected chi connectivity index (χ4v) is 3.85. The smallest absolute Gasteiger partial charge is 0.321 e. The van der Waals surface area contributed by atoms with Crippen LogP contribution in [0, 0.1) is 6.92 Å². The van der Waals surface area contributed by atoms with E-state index in [4.69, 9.17) is 0 Å². The maximum Gasteiger partial charge on any atom is 0.321 e. The zero-order valence-corrected chi connectivity index (χ0v) is 14.6. The topological polar surface area (TPSA) is 84.0 Å². The van der Waals surface area contributed by atoms with Crippen molar-refractivity contribution in [2.45, 2.75) is 46.1 Å². The fourth-order valence-electron chi connectivity index (χ4n) is 2.80. The number of pyridine rings is 1. The van der Waals surface area contributed by atoms with Crippen molar-refractivity contribution in [1.82, 2.24) is 15.3 Å².